The first-order chi connectivity index (χ1) is 23.6. The average Bonchev–Trinajstić information content (AvgIpc) is 3.36. The van der Waals surface area contributed by atoms with Crippen LogP contribution in [0.2, 0.25) is 0 Å². The van der Waals surface area contributed by atoms with E-state index in [1.807, 2.05) is 18.2 Å². The number of allylic oxidation sites excluding steroid dienone is 1. The van der Waals surface area contributed by atoms with Gasteiger partial charge in [-0.25, -0.2) is 14.6 Å². The number of nitrogens with one attached hydrogen (secondary N) is 2. The van der Waals surface area contributed by atoms with Gasteiger partial charge in [0.25, 0.3) is 0 Å². The van der Waals surface area contributed by atoms with Gasteiger partial charge >= 0.3 is 12.1 Å². The van der Waals surface area contributed by atoms with Crippen LogP contribution in [0.4, 0.5) is 4.79 Å². The summed E-state index contributed by atoms with van der Waals surface area (Å²) in [6, 6.07) is 3.75. The van der Waals surface area contributed by atoms with E-state index in [0.29, 0.717) is 39.2 Å². The van der Waals surface area contributed by atoms with Crippen LogP contribution in [0.25, 0.3) is 10.9 Å². The summed E-state index contributed by atoms with van der Waals surface area (Å²) in [6.07, 6.45) is 9.41. The second-order valence-electron chi connectivity index (χ2n) is 13.3. The van der Waals surface area contributed by atoms with Crippen molar-refractivity contribution in [2.45, 2.75) is 100 Å². The summed E-state index contributed by atoms with van der Waals surface area (Å²) in [6.45, 7) is 0.0724. The Morgan fingerprint density at radius 3 is 2.57 bits per heavy atom. The highest BCUT2D eigenvalue weighted by Gasteiger charge is 2.61. The number of amides is 3. The van der Waals surface area contributed by atoms with Crippen LogP contribution in [-0.2, 0) is 19.1 Å². The fourth-order valence-electron chi connectivity index (χ4n) is 7.22. The maximum Gasteiger partial charge on any atom is 0.407 e. The molecular formula is C35H43BrN4O9. The van der Waals surface area contributed by atoms with Crippen molar-refractivity contribution in [2.24, 2.45) is 5.92 Å². The van der Waals surface area contributed by atoms with Crippen molar-refractivity contribution in [3.63, 3.8) is 0 Å². The number of carboxylic acids is 1. The number of carbonyl (C=O) groups excluding carboxylic acids is 3. The first-order valence-corrected chi connectivity index (χ1v) is 17.8. The lowest BCUT2D eigenvalue weighted by Gasteiger charge is -2.27. The van der Waals surface area contributed by atoms with Gasteiger partial charge in [0.15, 0.2) is 0 Å². The van der Waals surface area contributed by atoms with Crippen LogP contribution < -0.4 is 24.8 Å². The predicted octanol–water partition coefficient (Wildman–Crippen LogP) is 4.88. The molecule has 49 heavy (non-hydrogen) atoms. The predicted molar refractivity (Wildman–Crippen MR) is 182 cm³/mol. The van der Waals surface area contributed by atoms with E-state index in [1.165, 1.54) is 12.0 Å². The van der Waals surface area contributed by atoms with E-state index in [2.05, 4.69) is 31.5 Å². The summed E-state index contributed by atoms with van der Waals surface area (Å²) in [7, 11) is 3.05. The average molecular weight is 744 g/mol. The van der Waals surface area contributed by atoms with Crippen LogP contribution in [0.3, 0.4) is 0 Å². The zero-order chi connectivity index (χ0) is 34.7. The van der Waals surface area contributed by atoms with E-state index in [9.17, 15) is 24.3 Å². The topological polar surface area (TPSA) is 166 Å². The number of aromatic nitrogens is 1. The van der Waals surface area contributed by atoms with Crippen molar-refractivity contribution < 1.29 is 43.2 Å². The van der Waals surface area contributed by atoms with Gasteiger partial charge in [-0.3, -0.25) is 9.59 Å². The summed E-state index contributed by atoms with van der Waals surface area (Å²) >= 11 is 3.56. The molecule has 3 amide bonds. The summed E-state index contributed by atoms with van der Waals surface area (Å²) < 4.78 is 23.6. The molecular weight excluding hydrogens is 700 g/mol. The minimum absolute atomic E-state index is 0.0441. The molecule has 2 aliphatic carbocycles. The van der Waals surface area contributed by atoms with Gasteiger partial charge in [-0.2, -0.15) is 0 Å². The number of pyridine rings is 1. The molecule has 2 saturated carbocycles. The third-order valence-corrected chi connectivity index (χ3v) is 10.8. The zero-order valence-electron chi connectivity index (χ0n) is 27.7. The van der Waals surface area contributed by atoms with Crippen LogP contribution in [0.15, 0.2) is 34.8 Å². The Hall–Kier alpha value is -4.07. The van der Waals surface area contributed by atoms with E-state index < -0.39 is 41.7 Å². The zero-order valence-corrected chi connectivity index (χ0v) is 29.3. The number of rotatable bonds is 7. The molecule has 1 aromatic carbocycles. The van der Waals surface area contributed by atoms with E-state index in [4.69, 9.17) is 18.9 Å². The number of carboxylic acid groups (broad SMARTS) is 1. The van der Waals surface area contributed by atoms with Crippen molar-refractivity contribution >= 4 is 50.7 Å². The third-order valence-electron chi connectivity index (χ3n) is 10.0. The number of fused-ring (bicyclic) bond motifs is 3. The quantitative estimate of drug-likeness (QED) is 0.333. The molecule has 6 rings (SSSR count). The Balaban J connectivity index is 1.27. The van der Waals surface area contributed by atoms with Gasteiger partial charge in [-0.05, 0) is 79.4 Å². The number of alkyl carbamates (subject to hydrolysis) is 1. The van der Waals surface area contributed by atoms with Gasteiger partial charge < -0.3 is 39.6 Å². The summed E-state index contributed by atoms with van der Waals surface area (Å²) in [5, 5.41) is 16.5. The van der Waals surface area contributed by atoms with E-state index in [-0.39, 0.29) is 43.7 Å². The Morgan fingerprint density at radius 2 is 1.84 bits per heavy atom. The first-order valence-electron chi connectivity index (χ1n) is 17.0. The number of hydrogen-bond donors (Lipinski definition) is 3. The molecule has 0 radical (unpaired) electrons. The molecule has 1 saturated heterocycles. The Labute approximate surface area is 293 Å². The van der Waals surface area contributed by atoms with E-state index >= 15 is 0 Å². The molecule has 2 aromatic rings. The number of benzene rings is 1. The van der Waals surface area contributed by atoms with Crippen LogP contribution in [-0.4, -0.2) is 89.5 Å². The highest BCUT2D eigenvalue weighted by molar-refractivity contribution is 9.10. The molecule has 1 aromatic heterocycles. The van der Waals surface area contributed by atoms with Crippen molar-refractivity contribution in [1.82, 2.24) is 20.5 Å². The number of carbonyl (C=O) groups is 4. The van der Waals surface area contributed by atoms with Gasteiger partial charge in [-0.15, -0.1) is 0 Å². The fourth-order valence-corrected chi connectivity index (χ4v) is 7.82. The standard InChI is InChI=1S/C35H43BrN4O9/c1-46-26-14-13-24-27(17-28(47-2)38-31(24)30(26)36)48-23-16-25-32(42)39-35(33(43)44)18-20(35)9-5-3-4-6-10-21(15-29(41)40(25)19-23)37-34(45)49-22-11-7-8-12-22/h5,9,13-14,17,20-23,25H,3-4,6-8,10-12,15-16,18-19H2,1-2H3,(H,37,45)(H,39,42)(H,43,44)/b9-5-/t20-,21+,23-,25+,35-/m1/s1. The molecule has 3 N–H and O–H groups in total. The number of nitrogens with zero attached hydrogens (tertiary/aromatic N) is 2. The van der Waals surface area contributed by atoms with Crippen LogP contribution >= 0.6 is 15.9 Å². The number of halogens is 1. The second-order valence-corrected chi connectivity index (χ2v) is 14.1. The SMILES string of the molecule is COc1cc(O[C@@H]2C[C@H]3C(=O)N[C@]4(C(=O)O)C[C@H]4/C=C\CCCC[C@H](NC(=O)OC4CCCC4)CC(=O)N3C2)c2ccc(OC)c(Br)c2n1. The minimum Gasteiger partial charge on any atom is -0.495 e. The van der Waals surface area contributed by atoms with Gasteiger partial charge in [0.05, 0.1) is 30.8 Å². The summed E-state index contributed by atoms with van der Waals surface area (Å²) in [5.41, 5.74) is -0.875. The Morgan fingerprint density at radius 1 is 1.06 bits per heavy atom. The highest BCUT2D eigenvalue weighted by atomic mass is 79.9. The Bertz CT molecular complexity index is 1630. The molecule has 3 fully saturated rings. The maximum absolute atomic E-state index is 14.1. The number of aliphatic carboxylic acids is 1. The molecule has 4 aliphatic rings. The lowest BCUT2D eigenvalue weighted by Crippen LogP contribution is -2.53. The van der Waals surface area contributed by atoms with E-state index in [1.54, 1.807) is 19.2 Å². The molecule has 0 bridgehead atoms. The number of methoxy groups -OCH3 is 2. The number of hydrogen-bond acceptors (Lipinski definition) is 9. The molecule has 13 nitrogen and oxygen atoms in total. The largest absolute Gasteiger partial charge is 0.495 e. The van der Waals surface area contributed by atoms with Crippen molar-refractivity contribution in [3.05, 3.63) is 34.8 Å². The fraction of sp³-hybridized carbons (Fsp3) is 0.571. The smallest absolute Gasteiger partial charge is 0.407 e. The van der Waals surface area contributed by atoms with Crippen LogP contribution in [0.1, 0.15) is 70.6 Å². The second kappa shape index (κ2) is 14.8. The number of ether oxygens (including phenoxy) is 4. The molecule has 264 valence electrons. The van der Waals surface area contributed by atoms with Gasteiger partial charge in [0.2, 0.25) is 17.7 Å². The van der Waals surface area contributed by atoms with E-state index in [0.717, 1.165) is 44.9 Å². The summed E-state index contributed by atoms with van der Waals surface area (Å²) in [4.78, 5) is 59.3. The molecule has 2 aliphatic heterocycles. The molecule has 3 heterocycles. The van der Waals surface area contributed by atoms with Crippen molar-refractivity contribution in [1.29, 1.82) is 0 Å². The third kappa shape index (κ3) is 7.58. The van der Waals surface area contributed by atoms with Crippen molar-refractivity contribution in [3.8, 4) is 17.4 Å². The van der Waals surface area contributed by atoms with Crippen molar-refractivity contribution in [2.75, 3.05) is 20.8 Å². The normalized spacial score (nSPS) is 28.3. The van der Waals surface area contributed by atoms with Gasteiger partial charge in [-0.1, -0.05) is 18.6 Å². The highest BCUT2D eigenvalue weighted by Crippen LogP contribution is 2.46. The molecule has 14 heteroatoms. The lowest BCUT2D eigenvalue weighted by atomic mass is 10.0. The Kier molecular flexibility index (Phi) is 10.5. The van der Waals surface area contributed by atoms with Gasteiger partial charge in [0, 0.05) is 36.3 Å². The maximum atomic E-state index is 14.1. The monoisotopic (exact) mass is 742 g/mol. The molecule has 5 atom stereocenters. The molecule has 0 spiro atoms. The van der Waals surface area contributed by atoms with Crippen LogP contribution in [0.5, 0.6) is 17.4 Å². The molecule has 0 unspecified atom stereocenters. The minimum atomic E-state index is -1.42. The van der Waals surface area contributed by atoms with Crippen LogP contribution in [0, 0.1) is 5.92 Å². The summed E-state index contributed by atoms with van der Waals surface area (Å²) in [5.74, 6) is -1.03. The van der Waals surface area contributed by atoms with Gasteiger partial charge in [0.1, 0.15) is 35.3 Å². The lowest BCUT2D eigenvalue weighted by molar-refractivity contribution is -0.145. The first kappa shape index (κ1) is 34.8.